The molecule has 3 aromatic heterocycles. The van der Waals surface area contributed by atoms with Gasteiger partial charge in [-0.2, -0.15) is 0 Å². The fraction of sp³-hybridized carbons (Fsp3) is 0.320. The van der Waals surface area contributed by atoms with Gasteiger partial charge in [-0.15, -0.1) is 11.3 Å². The average Bonchev–Trinajstić information content (AvgIpc) is 3.96. The van der Waals surface area contributed by atoms with Gasteiger partial charge in [-0.25, -0.2) is 14.3 Å². The van der Waals surface area contributed by atoms with Crippen molar-refractivity contribution in [2.24, 2.45) is 0 Å². The van der Waals surface area contributed by atoms with Crippen LogP contribution in [0.15, 0.2) is 142 Å². The number of benzene rings is 4. The number of para-hydroxylation sites is 1. The molecule has 326 valence electrons. The summed E-state index contributed by atoms with van der Waals surface area (Å²) in [6.07, 6.45) is 3.32. The van der Waals surface area contributed by atoms with Crippen molar-refractivity contribution >= 4 is 46.0 Å². The van der Waals surface area contributed by atoms with Gasteiger partial charge in [0.2, 0.25) is 5.89 Å². The lowest BCUT2D eigenvalue weighted by molar-refractivity contribution is -0.127. The van der Waals surface area contributed by atoms with Crippen LogP contribution >= 0.6 is 11.3 Å². The first-order chi connectivity index (χ1) is 30.3. The molecule has 0 amide bonds. The summed E-state index contributed by atoms with van der Waals surface area (Å²) in [7, 11) is -3.65. The second-order valence-corrected chi connectivity index (χ2v) is 22.3. The monoisotopic (exact) mass is 883 g/mol. The van der Waals surface area contributed by atoms with Crippen LogP contribution in [0.25, 0.3) is 21.0 Å². The van der Waals surface area contributed by atoms with Crippen LogP contribution in [0.4, 0.5) is 0 Å². The molecule has 63 heavy (non-hydrogen) atoms. The molecule has 1 aliphatic heterocycles. The first-order valence-corrected chi connectivity index (χ1v) is 24.1. The minimum Gasteiger partial charge on any atom is -0.489 e. The number of fused-ring (bicyclic) bond motifs is 1. The highest BCUT2D eigenvalue weighted by atomic mass is 32.1. The zero-order valence-electron chi connectivity index (χ0n) is 36.3. The molecule has 1 fully saturated rings. The second kappa shape index (κ2) is 18.2. The predicted molar refractivity (Wildman–Crippen MR) is 249 cm³/mol. The van der Waals surface area contributed by atoms with Crippen molar-refractivity contribution < 1.29 is 28.2 Å². The van der Waals surface area contributed by atoms with Gasteiger partial charge in [0, 0.05) is 25.2 Å². The molecule has 1 N–H and O–H groups in total. The van der Waals surface area contributed by atoms with Gasteiger partial charge in [0.25, 0.3) is 13.9 Å². The van der Waals surface area contributed by atoms with Gasteiger partial charge in [0.05, 0.1) is 29.1 Å². The summed E-state index contributed by atoms with van der Waals surface area (Å²) in [5, 5.41) is 0.804. The van der Waals surface area contributed by atoms with Gasteiger partial charge in [0.15, 0.2) is 5.78 Å². The topological polar surface area (TPSA) is 135 Å². The summed E-state index contributed by atoms with van der Waals surface area (Å²) in [5.41, 5.74) is -0.600. The lowest BCUT2D eigenvalue weighted by Gasteiger charge is -2.42. The van der Waals surface area contributed by atoms with Crippen LogP contribution in [0.2, 0.25) is 5.04 Å². The maximum Gasteiger partial charge on any atom is 0.333 e. The molecule has 1 atom stereocenters. The third kappa shape index (κ3) is 8.55. The molecule has 7 aromatic rings. The number of thiophene rings is 1. The number of aromatic nitrogens is 3. The summed E-state index contributed by atoms with van der Waals surface area (Å²) in [6, 6.07) is 36.5. The Balaban J connectivity index is 1.26. The van der Waals surface area contributed by atoms with E-state index in [9.17, 15) is 4.80 Å². The Morgan fingerprint density at radius 1 is 0.889 bits per heavy atom. The smallest absolute Gasteiger partial charge is 0.333 e. The number of carbonyl (C=O) groups excluding carboxylic acids is 1. The SMILES string of the molecule is Cc1c(-c2ncco2)sc2c1c(=O)n(C(C)(C)C(=O)CC(C)(C)[Si](O)(c1ccccc1)c1ccccc1)c(=O)n2C[C@H](OC1CCOCC1)c1ccccc1OCc1ccccc1. The van der Waals surface area contributed by atoms with Gasteiger partial charge in [0.1, 0.15) is 35.1 Å². The standard InChI is InChI=1S/C50H53N3O8SSi/c1-34-43-46(55)53(50(4,5)42(54)31-49(2,3)63(57,37-19-11-7-12-20-37)38-21-13-8-14-22-38)48(56)52(47(43)62-44(34)45-51-27-30-59-45)32-41(61-36-25-28-58-29-26-36)39-23-15-16-24-40(39)60-33-35-17-9-6-10-18-35/h6-24,27,30,36,41,57H,25-26,28-29,31-33H2,1-5H3/t41-/m0/s1. The zero-order valence-corrected chi connectivity index (χ0v) is 38.1. The largest absolute Gasteiger partial charge is 0.489 e. The number of hydrogen-bond donors (Lipinski definition) is 1. The summed E-state index contributed by atoms with van der Waals surface area (Å²) >= 11 is 1.24. The molecule has 13 heteroatoms. The van der Waals surface area contributed by atoms with Crippen molar-refractivity contribution in [1.82, 2.24) is 14.1 Å². The first-order valence-electron chi connectivity index (χ1n) is 21.4. The van der Waals surface area contributed by atoms with E-state index in [-0.39, 0.29) is 30.2 Å². The Labute approximate surface area is 371 Å². The molecule has 0 unspecified atom stereocenters. The molecule has 1 aliphatic rings. The fourth-order valence-corrected chi connectivity index (χ4v) is 13.7. The number of nitrogens with zero attached hydrogens (tertiary/aromatic N) is 3. The zero-order chi connectivity index (χ0) is 44.4. The molecule has 11 nitrogen and oxygen atoms in total. The van der Waals surface area contributed by atoms with Crippen molar-refractivity contribution in [3.63, 3.8) is 0 Å². The van der Waals surface area contributed by atoms with Crippen LogP contribution in [0.3, 0.4) is 0 Å². The highest BCUT2D eigenvalue weighted by Gasteiger charge is 2.52. The molecule has 0 spiro atoms. The summed E-state index contributed by atoms with van der Waals surface area (Å²) in [5.74, 6) is 0.549. The minimum absolute atomic E-state index is 0.00585. The lowest BCUT2D eigenvalue weighted by atomic mass is 9.91. The molecule has 0 radical (unpaired) electrons. The van der Waals surface area contributed by atoms with Gasteiger partial charge < -0.3 is 23.4 Å². The number of carbonyl (C=O) groups is 1. The van der Waals surface area contributed by atoms with Crippen LogP contribution in [0.5, 0.6) is 5.75 Å². The first kappa shape index (κ1) is 43.9. The van der Waals surface area contributed by atoms with Crippen molar-refractivity contribution in [3.8, 4) is 16.5 Å². The van der Waals surface area contributed by atoms with E-state index in [0.29, 0.717) is 59.6 Å². The van der Waals surface area contributed by atoms with E-state index in [1.807, 2.05) is 136 Å². The number of rotatable bonds is 16. The van der Waals surface area contributed by atoms with Gasteiger partial charge in [-0.05, 0) is 66.2 Å². The molecule has 0 bridgehead atoms. The number of ether oxygens (including phenoxy) is 3. The molecule has 0 saturated carbocycles. The van der Waals surface area contributed by atoms with Gasteiger partial charge >= 0.3 is 5.69 Å². The minimum atomic E-state index is -3.65. The Morgan fingerprint density at radius 2 is 1.49 bits per heavy atom. The molecule has 4 aromatic carbocycles. The fourth-order valence-electron chi connectivity index (χ4n) is 8.76. The van der Waals surface area contributed by atoms with Crippen molar-refractivity contribution in [2.45, 2.75) is 89.8 Å². The van der Waals surface area contributed by atoms with Gasteiger partial charge in [-0.1, -0.05) is 123 Å². The number of ketones is 1. The number of hydrogen-bond acceptors (Lipinski definition) is 10. The van der Waals surface area contributed by atoms with E-state index >= 15 is 14.4 Å². The highest BCUT2D eigenvalue weighted by molar-refractivity contribution is 7.22. The van der Waals surface area contributed by atoms with E-state index < -0.39 is 36.2 Å². The quantitative estimate of drug-likeness (QED) is 0.0961. The van der Waals surface area contributed by atoms with E-state index in [1.54, 1.807) is 18.4 Å². The van der Waals surface area contributed by atoms with Crippen molar-refractivity contribution in [1.29, 1.82) is 0 Å². The summed E-state index contributed by atoms with van der Waals surface area (Å²) in [4.78, 5) is 63.9. The number of aryl methyl sites for hydroxylation is 1. The molecule has 1 saturated heterocycles. The Hall–Kier alpha value is -5.70. The maximum absolute atomic E-state index is 15.4. The summed E-state index contributed by atoms with van der Waals surface area (Å²) < 4.78 is 27.5. The third-order valence-corrected chi connectivity index (χ3v) is 18.2. The number of Topliss-reactive ketones (excluding diaryl/α,β-unsaturated/α-hetero) is 1. The maximum atomic E-state index is 15.4. The molecular formula is C50H53N3O8SSi. The molecule has 4 heterocycles. The van der Waals surface area contributed by atoms with Crippen LogP contribution in [0.1, 0.15) is 69.8 Å². The summed E-state index contributed by atoms with van der Waals surface area (Å²) in [6.45, 7) is 10.3. The Bertz CT molecular complexity index is 2760. The normalized spacial score (nSPS) is 14.5. The lowest BCUT2D eigenvalue weighted by Crippen LogP contribution is -2.66. The van der Waals surface area contributed by atoms with Crippen LogP contribution in [-0.2, 0) is 33.0 Å². The average molecular weight is 884 g/mol. The predicted octanol–water partition coefficient (Wildman–Crippen LogP) is 7.93. The van der Waals surface area contributed by atoms with E-state index in [1.165, 1.54) is 23.8 Å². The molecular weight excluding hydrogens is 831 g/mol. The Kier molecular flexibility index (Phi) is 12.7. The van der Waals surface area contributed by atoms with Crippen LogP contribution in [-0.4, -0.2) is 52.3 Å². The van der Waals surface area contributed by atoms with E-state index in [2.05, 4.69) is 4.98 Å². The Morgan fingerprint density at radius 3 is 2.11 bits per heavy atom. The van der Waals surface area contributed by atoms with E-state index in [0.717, 1.165) is 26.1 Å². The number of oxazole rings is 1. The highest BCUT2D eigenvalue weighted by Crippen LogP contribution is 2.42. The van der Waals surface area contributed by atoms with Crippen LogP contribution in [0, 0.1) is 6.92 Å². The molecule has 8 rings (SSSR count). The second-order valence-electron chi connectivity index (χ2n) is 17.3. The van der Waals surface area contributed by atoms with Crippen LogP contribution < -0.4 is 26.4 Å². The van der Waals surface area contributed by atoms with Crippen molar-refractivity contribution in [3.05, 3.63) is 165 Å². The van der Waals surface area contributed by atoms with Crippen molar-refractivity contribution in [2.75, 3.05) is 13.2 Å². The molecule has 0 aliphatic carbocycles. The third-order valence-electron chi connectivity index (χ3n) is 12.4. The van der Waals surface area contributed by atoms with E-state index in [4.69, 9.17) is 18.6 Å². The van der Waals surface area contributed by atoms with Gasteiger partial charge in [-0.3, -0.25) is 14.2 Å².